The Kier molecular flexibility index (Phi) is 3.84. The molecule has 0 spiro atoms. The molecule has 3 aromatic rings. The number of aliphatic imine (C=N–C) groups is 1. The summed E-state index contributed by atoms with van der Waals surface area (Å²) in [7, 11) is 0. The highest BCUT2D eigenvalue weighted by molar-refractivity contribution is 6.30. The summed E-state index contributed by atoms with van der Waals surface area (Å²) in [5.41, 5.74) is -0.0857. The van der Waals surface area contributed by atoms with Gasteiger partial charge in [0.05, 0.1) is 10.7 Å². The van der Waals surface area contributed by atoms with Gasteiger partial charge in [-0.1, -0.05) is 23.7 Å². The molecule has 0 bridgehead atoms. The van der Waals surface area contributed by atoms with Crippen molar-refractivity contribution in [2.75, 3.05) is 0 Å². The van der Waals surface area contributed by atoms with Gasteiger partial charge in [0.25, 0.3) is 0 Å². The van der Waals surface area contributed by atoms with E-state index in [-0.39, 0.29) is 16.8 Å². The number of hydrogen-bond acceptors (Lipinski definition) is 4. The summed E-state index contributed by atoms with van der Waals surface area (Å²) in [6, 6.07) is 9.26. The van der Waals surface area contributed by atoms with Crippen LogP contribution in [0.15, 0.2) is 56.9 Å². The fourth-order valence-electron chi connectivity index (χ4n) is 1.87. The number of aromatic amines is 1. The number of hydrogen-bond donors (Lipinski definition) is 1. The van der Waals surface area contributed by atoms with Crippen LogP contribution in [0.4, 0.5) is 10.2 Å². The number of H-pyrrole nitrogens is 1. The van der Waals surface area contributed by atoms with E-state index >= 15 is 0 Å². The summed E-state index contributed by atoms with van der Waals surface area (Å²) in [6.45, 7) is 0. The number of rotatable bonds is 3. The van der Waals surface area contributed by atoms with Gasteiger partial charge in [0, 0.05) is 18.0 Å². The van der Waals surface area contributed by atoms with E-state index in [2.05, 4.69) is 15.1 Å². The molecule has 5 nitrogen and oxygen atoms in total. The minimum absolute atomic E-state index is 0.113. The third-order valence-corrected chi connectivity index (χ3v) is 3.14. The molecule has 22 heavy (non-hydrogen) atoms. The molecule has 110 valence electrons. The van der Waals surface area contributed by atoms with Crippen LogP contribution in [0.2, 0.25) is 5.02 Å². The molecule has 7 heteroatoms. The predicted molar refractivity (Wildman–Crippen MR) is 81.2 cm³/mol. The molecule has 0 aliphatic heterocycles. The van der Waals surface area contributed by atoms with Crippen molar-refractivity contribution < 1.29 is 8.91 Å². The van der Waals surface area contributed by atoms with Crippen LogP contribution in [-0.4, -0.2) is 16.4 Å². The molecule has 0 aliphatic rings. The second kappa shape index (κ2) is 5.95. The van der Waals surface area contributed by atoms with Crippen LogP contribution in [0.5, 0.6) is 0 Å². The maximum Gasteiger partial charge on any atom is 0.366 e. The fourth-order valence-corrected chi connectivity index (χ4v) is 1.98. The summed E-state index contributed by atoms with van der Waals surface area (Å²) in [5.74, 6) is -0.108. The summed E-state index contributed by atoms with van der Waals surface area (Å²) in [5, 5.41) is 2.90. The Morgan fingerprint density at radius 1 is 1.27 bits per heavy atom. The summed E-state index contributed by atoms with van der Waals surface area (Å²) in [4.78, 5) is 19.8. The van der Waals surface area contributed by atoms with Gasteiger partial charge in [-0.3, -0.25) is 0 Å². The Morgan fingerprint density at radius 3 is 2.82 bits per heavy atom. The Hall–Kier alpha value is -2.73. The van der Waals surface area contributed by atoms with Crippen molar-refractivity contribution in [2.24, 2.45) is 4.99 Å². The lowest BCUT2D eigenvalue weighted by atomic mass is 10.1. The second-order valence-corrected chi connectivity index (χ2v) is 4.79. The Bertz CT molecular complexity index is 884. The highest BCUT2D eigenvalue weighted by Crippen LogP contribution is 2.22. The third-order valence-electron chi connectivity index (χ3n) is 2.92. The number of nitrogens with one attached hydrogen (secondary N) is 1. The first-order valence-electron chi connectivity index (χ1n) is 6.27. The number of benzene rings is 1. The van der Waals surface area contributed by atoms with Crippen LogP contribution in [0.25, 0.3) is 11.3 Å². The molecule has 0 atom stereocenters. The predicted octanol–water partition coefficient (Wildman–Crippen LogP) is 3.57. The molecule has 0 aliphatic carbocycles. The van der Waals surface area contributed by atoms with E-state index in [1.807, 2.05) is 0 Å². The zero-order valence-corrected chi connectivity index (χ0v) is 11.8. The van der Waals surface area contributed by atoms with Gasteiger partial charge in [-0.15, -0.1) is 0 Å². The zero-order chi connectivity index (χ0) is 15.5. The van der Waals surface area contributed by atoms with Gasteiger partial charge in [0.15, 0.2) is 5.82 Å². The smallest absolute Gasteiger partial charge is 0.338 e. The lowest BCUT2D eigenvalue weighted by Crippen LogP contribution is -2.01. The number of aromatic nitrogens is 2. The molecule has 3 rings (SSSR count). The van der Waals surface area contributed by atoms with Crippen LogP contribution < -0.4 is 5.63 Å². The Morgan fingerprint density at radius 2 is 2.09 bits per heavy atom. The zero-order valence-electron chi connectivity index (χ0n) is 11.1. The molecule has 0 unspecified atom stereocenters. The van der Waals surface area contributed by atoms with Crippen molar-refractivity contribution >= 4 is 23.6 Å². The van der Waals surface area contributed by atoms with E-state index < -0.39 is 11.4 Å². The van der Waals surface area contributed by atoms with Crippen LogP contribution in [-0.2, 0) is 0 Å². The lowest BCUT2D eigenvalue weighted by Gasteiger charge is -1.99. The van der Waals surface area contributed by atoms with Crippen LogP contribution >= 0.6 is 11.6 Å². The molecule has 0 fully saturated rings. The minimum atomic E-state index is -0.643. The molecule has 0 amide bonds. The quantitative estimate of drug-likeness (QED) is 0.751. The molecular formula is C15H9ClFN3O2. The monoisotopic (exact) mass is 317 g/mol. The van der Waals surface area contributed by atoms with E-state index in [4.69, 9.17) is 16.1 Å². The van der Waals surface area contributed by atoms with Gasteiger partial charge < -0.3 is 4.52 Å². The van der Waals surface area contributed by atoms with Gasteiger partial charge >= 0.3 is 5.63 Å². The fraction of sp³-hybridized carbons (Fsp3) is 0. The van der Waals surface area contributed by atoms with Crippen molar-refractivity contribution in [1.82, 2.24) is 10.1 Å². The lowest BCUT2D eigenvalue weighted by molar-refractivity contribution is 0.393. The highest BCUT2D eigenvalue weighted by Gasteiger charge is 2.15. The molecule has 0 saturated carbocycles. The molecule has 0 saturated heterocycles. The van der Waals surface area contributed by atoms with Crippen LogP contribution in [0.3, 0.4) is 0 Å². The van der Waals surface area contributed by atoms with Crippen molar-refractivity contribution in [2.45, 2.75) is 0 Å². The van der Waals surface area contributed by atoms with Crippen molar-refractivity contribution in [3.05, 3.63) is 69.4 Å². The molecule has 2 heterocycles. The van der Waals surface area contributed by atoms with E-state index in [0.29, 0.717) is 10.8 Å². The second-order valence-electron chi connectivity index (χ2n) is 4.35. The number of nitrogens with zero attached hydrogens (tertiary/aromatic N) is 2. The maximum atomic E-state index is 13.8. The standard InChI is InChI=1S/C15H9ClFN3O2/c16-9-5-6-13(18-7-9)19-8-11-14(20-22-15(11)21)10-3-1-2-4-12(10)17/h1-8,20H. The Labute approximate surface area is 129 Å². The van der Waals surface area contributed by atoms with Crippen molar-refractivity contribution in [1.29, 1.82) is 0 Å². The summed E-state index contributed by atoms with van der Waals surface area (Å²) < 4.78 is 18.6. The van der Waals surface area contributed by atoms with E-state index in [1.165, 1.54) is 24.5 Å². The average Bonchev–Trinajstić information content (AvgIpc) is 2.88. The first-order valence-corrected chi connectivity index (χ1v) is 6.65. The summed E-state index contributed by atoms with van der Waals surface area (Å²) in [6.07, 6.45) is 2.71. The molecule has 1 N–H and O–H groups in total. The topological polar surface area (TPSA) is 71.2 Å². The van der Waals surface area contributed by atoms with Gasteiger partial charge in [0.2, 0.25) is 0 Å². The van der Waals surface area contributed by atoms with Gasteiger partial charge in [-0.25, -0.2) is 24.3 Å². The summed E-state index contributed by atoms with van der Waals surface area (Å²) >= 11 is 5.73. The molecule has 2 aromatic heterocycles. The third kappa shape index (κ3) is 2.82. The first-order chi connectivity index (χ1) is 10.6. The van der Waals surface area contributed by atoms with Crippen molar-refractivity contribution in [3.8, 4) is 11.3 Å². The number of pyridine rings is 1. The largest absolute Gasteiger partial charge is 0.366 e. The maximum absolute atomic E-state index is 13.8. The number of halogens is 2. The SMILES string of the molecule is O=c1o[nH]c(-c2ccccc2F)c1C=Nc1ccc(Cl)cn1. The van der Waals surface area contributed by atoms with E-state index in [0.717, 1.165) is 0 Å². The first kappa shape index (κ1) is 14.2. The highest BCUT2D eigenvalue weighted by atomic mass is 35.5. The van der Waals surface area contributed by atoms with Gasteiger partial charge in [0.1, 0.15) is 11.4 Å². The van der Waals surface area contributed by atoms with Crippen molar-refractivity contribution in [3.63, 3.8) is 0 Å². The normalized spacial score (nSPS) is 11.2. The molecular weight excluding hydrogens is 309 g/mol. The molecule has 0 radical (unpaired) electrons. The van der Waals surface area contributed by atoms with Gasteiger partial charge in [-0.05, 0) is 24.3 Å². The molecule has 1 aromatic carbocycles. The Balaban J connectivity index is 2.02. The minimum Gasteiger partial charge on any atom is -0.338 e. The van der Waals surface area contributed by atoms with E-state index in [1.54, 1.807) is 24.3 Å². The van der Waals surface area contributed by atoms with Gasteiger partial charge in [-0.2, -0.15) is 0 Å². The van der Waals surface area contributed by atoms with Crippen LogP contribution in [0, 0.1) is 5.82 Å². The van der Waals surface area contributed by atoms with E-state index in [9.17, 15) is 9.18 Å². The van der Waals surface area contributed by atoms with Crippen LogP contribution in [0.1, 0.15) is 5.56 Å². The average molecular weight is 318 g/mol.